The predicted molar refractivity (Wildman–Crippen MR) is 83.4 cm³/mol. The molecule has 23 heavy (non-hydrogen) atoms. The molecule has 0 N–H and O–H groups in total. The highest BCUT2D eigenvalue weighted by Gasteiger charge is 2.45. The van der Waals surface area contributed by atoms with Gasteiger partial charge in [-0.05, 0) is 49.9 Å². The fraction of sp³-hybridized carbons (Fsp3) is 0.562. The molecule has 2 bridgehead atoms. The molecule has 2 saturated heterocycles. The minimum absolute atomic E-state index is 0.0159. The fourth-order valence-electron chi connectivity index (χ4n) is 3.63. The van der Waals surface area contributed by atoms with Crippen LogP contribution in [-0.2, 0) is 14.6 Å². The number of fused-ring (bicyclic) bond motifs is 2. The third-order valence-electron chi connectivity index (χ3n) is 4.76. The van der Waals surface area contributed by atoms with Crippen molar-refractivity contribution in [3.8, 4) is 5.75 Å². The van der Waals surface area contributed by atoms with E-state index in [0.29, 0.717) is 18.6 Å². The van der Waals surface area contributed by atoms with Gasteiger partial charge in [-0.2, -0.15) is 0 Å². The second-order valence-electron chi connectivity index (χ2n) is 6.35. The molecule has 0 spiro atoms. The van der Waals surface area contributed by atoms with Crippen molar-refractivity contribution in [2.24, 2.45) is 0 Å². The number of piperidine rings is 1. The SMILES string of the molecule is CS(=O)(=O)C1CC2CCC(C1)N2C(=O)COc1ccc(F)cc1. The summed E-state index contributed by atoms with van der Waals surface area (Å²) in [6, 6.07) is 5.48. The number of hydrogen-bond donors (Lipinski definition) is 0. The topological polar surface area (TPSA) is 63.7 Å². The molecule has 1 amide bonds. The van der Waals surface area contributed by atoms with Crippen LogP contribution in [0.25, 0.3) is 0 Å². The second kappa shape index (κ2) is 6.11. The molecule has 2 aliphatic rings. The Morgan fingerprint density at radius 3 is 2.30 bits per heavy atom. The van der Waals surface area contributed by atoms with Crippen molar-refractivity contribution < 1.29 is 22.3 Å². The minimum Gasteiger partial charge on any atom is -0.484 e. The summed E-state index contributed by atoms with van der Waals surface area (Å²) in [5.41, 5.74) is 0. The van der Waals surface area contributed by atoms with E-state index in [1.54, 1.807) is 4.90 Å². The van der Waals surface area contributed by atoms with E-state index in [2.05, 4.69) is 0 Å². The van der Waals surface area contributed by atoms with Gasteiger partial charge in [0.05, 0.1) is 5.25 Å². The van der Waals surface area contributed by atoms with Gasteiger partial charge in [0.1, 0.15) is 21.4 Å². The number of rotatable bonds is 4. The van der Waals surface area contributed by atoms with Gasteiger partial charge < -0.3 is 9.64 Å². The van der Waals surface area contributed by atoms with E-state index in [1.165, 1.54) is 30.5 Å². The minimum atomic E-state index is -3.06. The van der Waals surface area contributed by atoms with Crippen molar-refractivity contribution in [3.05, 3.63) is 30.1 Å². The number of ether oxygens (including phenoxy) is 1. The monoisotopic (exact) mass is 341 g/mol. The lowest BCUT2D eigenvalue weighted by molar-refractivity contribution is -0.137. The second-order valence-corrected chi connectivity index (χ2v) is 8.68. The molecule has 0 aromatic heterocycles. The van der Waals surface area contributed by atoms with E-state index in [0.717, 1.165) is 12.8 Å². The lowest BCUT2D eigenvalue weighted by Crippen LogP contribution is -2.51. The number of sulfone groups is 1. The first-order chi connectivity index (χ1) is 10.8. The standard InChI is InChI=1S/C16H20FNO4S/c1-23(20,21)15-8-12-4-5-13(9-15)18(12)16(19)10-22-14-6-2-11(17)3-7-14/h2-3,6-7,12-13,15H,4-5,8-10H2,1H3. The first kappa shape index (κ1) is 16.2. The quantitative estimate of drug-likeness (QED) is 0.837. The van der Waals surface area contributed by atoms with Gasteiger partial charge in [0.25, 0.3) is 5.91 Å². The molecule has 2 heterocycles. The molecule has 1 aromatic carbocycles. The number of amides is 1. The molecule has 2 fully saturated rings. The summed E-state index contributed by atoms with van der Waals surface area (Å²) in [5, 5.41) is -0.345. The highest BCUT2D eigenvalue weighted by atomic mass is 32.2. The molecule has 126 valence electrons. The van der Waals surface area contributed by atoms with Crippen LogP contribution in [0, 0.1) is 5.82 Å². The molecule has 2 aliphatic heterocycles. The summed E-state index contributed by atoms with van der Waals surface area (Å²) in [6.07, 6.45) is 3.99. The zero-order valence-corrected chi connectivity index (χ0v) is 13.8. The summed E-state index contributed by atoms with van der Waals surface area (Å²) in [6.45, 7) is -0.109. The summed E-state index contributed by atoms with van der Waals surface area (Å²) in [7, 11) is -3.06. The van der Waals surface area contributed by atoms with Gasteiger partial charge in [-0.25, -0.2) is 12.8 Å². The Kier molecular flexibility index (Phi) is 4.31. The van der Waals surface area contributed by atoms with E-state index >= 15 is 0 Å². The summed E-state index contributed by atoms with van der Waals surface area (Å²) >= 11 is 0. The van der Waals surface area contributed by atoms with Crippen LogP contribution in [-0.4, -0.2) is 49.4 Å². The lowest BCUT2D eigenvalue weighted by Gasteiger charge is -2.38. The third-order valence-corrected chi connectivity index (χ3v) is 6.36. The Labute approximate surface area is 135 Å². The zero-order valence-electron chi connectivity index (χ0n) is 12.9. The van der Waals surface area contributed by atoms with Gasteiger partial charge in [0.15, 0.2) is 6.61 Å². The molecule has 0 saturated carbocycles. The first-order valence-corrected chi connectivity index (χ1v) is 9.68. The molecule has 1 aromatic rings. The van der Waals surface area contributed by atoms with Crippen LogP contribution in [0.1, 0.15) is 25.7 Å². The maximum absolute atomic E-state index is 12.8. The number of nitrogens with zero attached hydrogens (tertiary/aromatic N) is 1. The lowest BCUT2D eigenvalue weighted by atomic mass is 10.0. The van der Waals surface area contributed by atoms with Crippen LogP contribution in [0.15, 0.2) is 24.3 Å². The molecule has 2 unspecified atom stereocenters. The number of carbonyl (C=O) groups is 1. The van der Waals surface area contributed by atoms with E-state index in [-0.39, 0.29) is 35.7 Å². The molecule has 0 radical (unpaired) electrons. The van der Waals surface area contributed by atoms with Crippen LogP contribution in [0.4, 0.5) is 4.39 Å². The average molecular weight is 341 g/mol. The van der Waals surface area contributed by atoms with Gasteiger partial charge in [-0.1, -0.05) is 0 Å². The van der Waals surface area contributed by atoms with E-state index < -0.39 is 9.84 Å². The Hall–Kier alpha value is -1.63. The Bertz CT molecular complexity index is 675. The van der Waals surface area contributed by atoms with Crippen LogP contribution in [0.2, 0.25) is 0 Å². The van der Waals surface area contributed by atoms with Gasteiger partial charge in [-0.3, -0.25) is 4.79 Å². The van der Waals surface area contributed by atoms with Gasteiger partial charge in [-0.15, -0.1) is 0 Å². The maximum atomic E-state index is 12.8. The first-order valence-electron chi connectivity index (χ1n) is 7.73. The number of hydrogen-bond acceptors (Lipinski definition) is 4. The maximum Gasteiger partial charge on any atom is 0.261 e. The summed E-state index contributed by atoms with van der Waals surface area (Å²) in [5.74, 6) is -0.0449. The normalized spacial score (nSPS) is 27.0. The van der Waals surface area contributed by atoms with Crippen LogP contribution in [0.3, 0.4) is 0 Å². The predicted octanol–water partition coefficient (Wildman–Crippen LogP) is 1.77. The van der Waals surface area contributed by atoms with Crippen LogP contribution >= 0.6 is 0 Å². The Morgan fingerprint density at radius 2 is 1.78 bits per heavy atom. The average Bonchev–Trinajstić information content (AvgIpc) is 2.75. The van der Waals surface area contributed by atoms with Crippen molar-refractivity contribution in [2.75, 3.05) is 12.9 Å². The Morgan fingerprint density at radius 1 is 1.22 bits per heavy atom. The van der Waals surface area contributed by atoms with Crippen molar-refractivity contribution in [1.29, 1.82) is 0 Å². The van der Waals surface area contributed by atoms with E-state index in [9.17, 15) is 17.6 Å². The molecule has 5 nitrogen and oxygen atoms in total. The van der Waals surface area contributed by atoms with Crippen molar-refractivity contribution in [1.82, 2.24) is 4.90 Å². The molecule has 7 heteroatoms. The molecule has 2 atom stereocenters. The zero-order chi connectivity index (χ0) is 16.6. The molecular formula is C16H20FNO4S. The third kappa shape index (κ3) is 3.49. The number of halogens is 1. The number of benzene rings is 1. The number of carbonyl (C=O) groups excluding carboxylic acids is 1. The highest BCUT2D eigenvalue weighted by molar-refractivity contribution is 7.91. The van der Waals surface area contributed by atoms with Gasteiger partial charge in [0, 0.05) is 18.3 Å². The van der Waals surface area contributed by atoms with Gasteiger partial charge >= 0.3 is 0 Å². The smallest absolute Gasteiger partial charge is 0.261 e. The summed E-state index contributed by atoms with van der Waals surface area (Å²) in [4.78, 5) is 14.2. The van der Waals surface area contributed by atoms with Crippen molar-refractivity contribution in [2.45, 2.75) is 43.0 Å². The van der Waals surface area contributed by atoms with E-state index in [1.807, 2.05) is 0 Å². The van der Waals surface area contributed by atoms with Gasteiger partial charge in [0.2, 0.25) is 0 Å². The highest BCUT2D eigenvalue weighted by Crippen LogP contribution is 2.38. The van der Waals surface area contributed by atoms with Crippen LogP contribution in [0.5, 0.6) is 5.75 Å². The van der Waals surface area contributed by atoms with E-state index in [4.69, 9.17) is 4.74 Å². The summed E-state index contributed by atoms with van der Waals surface area (Å²) < 4.78 is 41.8. The largest absolute Gasteiger partial charge is 0.484 e. The van der Waals surface area contributed by atoms with Crippen molar-refractivity contribution >= 4 is 15.7 Å². The fourth-order valence-corrected chi connectivity index (χ4v) is 4.78. The molecular weight excluding hydrogens is 321 g/mol. The molecule has 0 aliphatic carbocycles. The molecule has 3 rings (SSSR count). The van der Waals surface area contributed by atoms with Crippen molar-refractivity contribution in [3.63, 3.8) is 0 Å². The Balaban J connectivity index is 1.62. The van der Waals surface area contributed by atoms with Crippen LogP contribution < -0.4 is 4.74 Å².